The van der Waals surface area contributed by atoms with Crippen molar-refractivity contribution < 1.29 is 29.9 Å². The molecule has 6 nitrogen and oxygen atoms in total. The fourth-order valence-corrected chi connectivity index (χ4v) is 11.4. The Labute approximate surface area is 389 Å². The topological polar surface area (TPSA) is 99.4 Å². The molecule has 12 aromatic rings. The standard InChI is InChI=1S/C62H38O6/c63-42-22-17-34-20-25-52-56(48(34)31-42)58(57-49-32-43(64)23-18-35(49)21-26-53(57)67-52)47-14-5-10-37-28-39(19-24-44(37)47)45-13-6-11-40-30-51(66)60-55(41-16-15-33-7-1-2-8-36(33)27-41)59-50(65)29-38-9-3-4-12-46(38)61(59)68-62(60)54(40)45/h1-32,55,58,63-66H. The summed E-state index contributed by atoms with van der Waals surface area (Å²) >= 11 is 0. The Morgan fingerprint density at radius 1 is 0.338 bits per heavy atom. The van der Waals surface area contributed by atoms with Crippen LogP contribution in [-0.2, 0) is 0 Å². The lowest BCUT2D eigenvalue weighted by molar-refractivity contribution is 0.417. The molecule has 1 atom stereocenters. The Bertz CT molecular complexity index is 4080. The van der Waals surface area contributed by atoms with E-state index in [0.717, 1.165) is 98.0 Å². The zero-order valence-corrected chi connectivity index (χ0v) is 36.2. The van der Waals surface area contributed by atoms with Crippen LogP contribution in [-0.4, -0.2) is 20.4 Å². The molecule has 68 heavy (non-hydrogen) atoms. The van der Waals surface area contributed by atoms with E-state index in [2.05, 4.69) is 72.8 Å². The second-order valence-electron chi connectivity index (χ2n) is 18.1. The van der Waals surface area contributed by atoms with Crippen LogP contribution in [0.3, 0.4) is 0 Å². The largest absolute Gasteiger partial charge is 0.508 e. The van der Waals surface area contributed by atoms with Crippen molar-refractivity contribution in [3.63, 3.8) is 0 Å². The van der Waals surface area contributed by atoms with E-state index in [1.165, 1.54) is 0 Å². The van der Waals surface area contributed by atoms with Crippen molar-refractivity contribution in [3.05, 3.63) is 228 Å². The molecule has 0 saturated heterocycles. The number of benzene rings is 12. The van der Waals surface area contributed by atoms with Crippen molar-refractivity contribution in [2.45, 2.75) is 11.8 Å². The summed E-state index contributed by atoms with van der Waals surface area (Å²) in [6, 6.07) is 64.2. The highest BCUT2D eigenvalue weighted by Crippen LogP contribution is 2.59. The van der Waals surface area contributed by atoms with Gasteiger partial charge in [-0.2, -0.15) is 0 Å². The molecule has 4 N–H and O–H groups in total. The summed E-state index contributed by atoms with van der Waals surface area (Å²) in [5.74, 6) is 2.17. The average molecular weight is 879 g/mol. The van der Waals surface area contributed by atoms with Gasteiger partial charge in [0.2, 0.25) is 0 Å². The number of phenolic OH excluding ortho intramolecular Hbond substituents is 4. The molecule has 12 aromatic carbocycles. The molecule has 0 radical (unpaired) electrons. The fraction of sp³-hybridized carbons (Fsp3) is 0.0323. The van der Waals surface area contributed by atoms with E-state index in [4.69, 9.17) is 9.47 Å². The molecule has 2 heterocycles. The number of ether oxygens (including phenoxy) is 2. The predicted molar refractivity (Wildman–Crippen MR) is 271 cm³/mol. The molecule has 322 valence electrons. The van der Waals surface area contributed by atoms with Gasteiger partial charge in [0, 0.05) is 44.9 Å². The van der Waals surface area contributed by atoms with Gasteiger partial charge in [-0.05, 0) is 131 Å². The van der Waals surface area contributed by atoms with E-state index < -0.39 is 5.92 Å². The monoisotopic (exact) mass is 878 g/mol. The van der Waals surface area contributed by atoms with Crippen molar-refractivity contribution in [1.29, 1.82) is 0 Å². The Kier molecular flexibility index (Phi) is 8.02. The Morgan fingerprint density at radius 2 is 0.926 bits per heavy atom. The molecular weight excluding hydrogens is 841 g/mol. The maximum absolute atomic E-state index is 12.2. The van der Waals surface area contributed by atoms with Gasteiger partial charge in [-0.1, -0.05) is 140 Å². The molecule has 0 spiro atoms. The third-order valence-electron chi connectivity index (χ3n) is 14.4. The van der Waals surface area contributed by atoms with Gasteiger partial charge in [-0.25, -0.2) is 0 Å². The Morgan fingerprint density at radius 3 is 1.68 bits per heavy atom. The number of aromatic hydroxyl groups is 4. The van der Waals surface area contributed by atoms with Gasteiger partial charge in [0.25, 0.3) is 0 Å². The summed E-state index contributed by atoms with van der Waals surface area (Å²) in [6.07, 6.45) is 0. The number of hydrogen-bond donors (Lipinski definition) is 4. The minimum absolute atomic E-state index is 0.0860. The first-order valence-corrected chi connectivity index (χ1v) is 22.8. The average Bonchev–Trinajstić information content (AvgIpc) is 3.36. The van der Waals surface area contributed by atoms with Gasteiger partial charge in [0.15, 0.2) is 0 Å². The van der Waals surface area contributed by atoms with Gasteiger partial charge >= 0.3 is 0 Å². The zero-order valence-electron chi connectivity index (χ0n) is 36.2. The van der Waals surface area contributed by atoms with Crippen LogP contribution in [0.4, 0.5) is 0 Å². The summed E-state index contributed by atoms with van der Waals surface area (Å²) in [5.41, 5.74) is 6.95. The van der Waals surface area contributed by atoms with Crippen molar-refractivity contribution in [2.75, 3.05) is 0 Å². The minimum Gasteiger partial charge on any atom is -0.508 e. The second kappa shape index (κ2) is 14.2. The van der Waals surface area contributed by atoms with E-state index in [9.17, 15) is 20.4 Å². The maximum atomic E-state index is 12.2. The summed E-state index contributed by atoms with van der Waals surface area (Å²) < 4.78 is 13.8. The summed E-state index contributed by atoms with van der Waals surface area (Å²) in [5, 5.41) is 57.2. The first kappa shape index (κ1) is 38.3. The van der Waals surface area contributed by atoms with Crippen molar-refractivity contribution in [1.82, 2.24) is 0 Å². The van der Waals surface area contributed by atoms with Crippen LogP contribution in [0.15, 0.2) is 194 Å². The third-order valence-corrected chi connectivity index (χ3v) is 14.4. The van der Waals surface area contributed by atoms with E-state index in [0.29, 0.717) is 34.1 Å². The molecule has 0 saturated carbocycles. The molecule has 1 unspecified atom stereocenters. The lowest BCUT2D eigenvalue weighted by atomic mass is 9.77. The Balaban J connectivity index is 1.00. The van der Waals surface area contributed by atoms with Crippen molar-refractivity contribution >= 4 is 64.6 Å². The third kappa shape index (κ3) is 5.58. The number of fused-ring (bicyclic) bond motifs is 14. The SMILES string of the molecule is Oc1ccc2ccc3c(c2c1)C(c1cccc2cc(-c4cccc5cc(O)c6c(c45)Oc4c(c(O)cc5ccccc45)C6c4ccc5ccccc5c4)ccc12)c1c(ccc2ccc(O)cc12)O3. The molecular formula is C62H38O6. The Hall–Kier alpha value is -9.00. The van der Waals surface area contributed by atoms with Crippen LogP contribution < -0.4 is 9.47 Å². The second-order valence-corrected chi connectivity index (χ2v) is 18.1. The lowest BCUT2D eigenvalue weighted by Gasteiger charge is -2.32. The van der Waals surface area contributed by atoms with Gasteiger partial charge < -0.3 is 29.9 Å². The van der Waals surface area contributed by atoms with E-state index >= 15 is 0 Å². The molecule has 0 bridgehead atoms. The van der Waals surface area contributed by atoms with Gasteiger partial charge in [0.05, 0.1) is 0 Å². The smallest absolute Gasteiger partial charge is 0.143 e. The van der Waals surface area contributed by atoms with Crippen LogP contribution in [0.25, 0.3) is 75.8 Å². The van der Waals surface area contributed by atoms with E-state index in [1.807, 2.05) is 103 Å². The summed E-state index contributed by atoms with van der Waals surface area (Å²) in [6.45, 7) is 0. The maximum Gasteiger partial charge on any atom is 0.143 e. The zero-order chi connectivity index (χ0) is 45.4. The molecule has 0 aliphatic carbocycles. The van der Waals surface area contributed by atoms with E-state index in [-0.39, 0.29) is 28.9 Å². The minimum atomic E-state index is -0.555. The lowest BCUT2D eigenvalue weighted by Crippen LogP contribution is -2.13. The van der Waals surface area contributed by atoms with Gasteiger partial charge in [-0.15, -0.1) is 0 Å². The van der Waals surface area contributed by atoms with Gasteiger partial charge in [0.1, 0.15) is 46.0 Å². The molecule has 0 fully saturated rings. The number of hydrogen-bond acceptors (Lipinski definition) is 6. The van der Waals surface area contributed by atoms with Gasteiger partial charge in [-0.3, -0.25) is 0 Å². The number of phenols is 4. The highest BCUT2D eigenvalue weighted by molar-refractivity contribution is 6.07. The highest BCUT2D eigenvalue weighted by atomic mass is 16.5. The summed E-state index contributed by atoms with van der Waals surface area (Å²) in [7, 11) is 0. The normalized spacial score (nSPS) is 14.1. The van der Waals surface area contributed by atoms with Crippen LogP contribution in [0, 0.1) is 0 Å². The fourth-order valence-electron chi connectivity index (χ4n) is 11.4. The van der Waals surface area contributed by atoms with Crippen LogP contribution in [0.2, 0.25) is 0 Å². The van der Waals surface area contributed by atoms with Crippen LogP contribution in [0.5, 0.6) is 46.0 Å². The summed E-state index contributed by atoms with van der Waals surface area (Å²) in [4.78, 5) is 0. The quantitative estimate of drug-likeness (QED) is 0.141. The molecule has 6 heteroatoms. The van der Waals surface area contributed by atoms with Crippen LogP contribution in [0.1, 0.15) is 45.2 Å². The predicted octanol–water partition coefficient (Wildman–Crippen LogP) is 15.7. The molecule has 2 aliphatic rings. The molecule has 2 aliphatic heterocycles. The van der Waals surface area contributed by atoms with Crippen molar-refractivity contribution in [3.8, 4) is 57.1 Å². The first-order chi connectivity index (χ1) is 33.3. The van der Waals surface area contributed by atoms with E-state index in [1.54, 1.807) is 18.2 Å². The molecule has 0 aromatic heterocycles. The molecule has 0 amide bonds. The van der Waals surface area contributed by atoms with Crippen LogP contribution >= 0.6 is 0 Å². The molecule has 14 rings (SSSR count). The number of rotatable bonds is 3. The highest BCUT2D eigenvalue weighted by Gasteiger charge is 2.38. The van der Waals surface area contributed by atoms with Crippen molar-refractivity contribution in [2.24, 2.45) is 0 Å². The first-order valence-electron chi connectivity index (χ1n) is 22.8.